The lowest BCUT2D eigenvalue weighted by Crippen LogP contribution is -2.33. The summed E-state index contributed by atoms with van der Waals surface area (Å²) >= 11 is 12.1. The third-order valence-electron chi connectivity index (χ3n) is 4.49. The second-order valence-electron chi connectivity index (χ2n) is 6.66. The molecule has 0 bridgehead atoms. The standard InChI is InChI=1S/C24H21Cl2NO5/c1-3-19(23(28)27-18-9-5-4-8-16(18)24(29)30-2)31-21-10-6-7-11-22(21)32-20-13-12-15(25)14-17(20)26/h4-14,19H,3H2,1-2H3,(H,27,28). The van der Waals surface area contributed by atoms with Crippen LogP contribution in [0.1, 0.15) is 23.7 Å². The summed E-state index contributed by atoms with van der Waals surface area (Å²) < 4.78 is 16.6. The number of carbonyl (C=O) groups is 2. The molecular formula is C24H21Cl2NO5. The van der Waals surface area contributed by atoms with E-state index in [1.165, 1.54) is 7.11 Å². The van der Waals surface area contributed by atoms with Crippen LogP contribution < -0.4 is 14.8 Å². The van der Waals surface area contributed by atoms with Crippen LogP contribution >= 0.6 is 23.2 Å². The zero-order valence-electron chi connectivity index (χ0n) is 17.4. The average molecular weight is 474 g/mol. The van der Waals surface area contributed by atoms with Crippen molar-refractivity contribution in [1.82, 2.24) is 0 Å². The molecule has 0 aromatic heterocycles. The molecule has 0 saturated carbocycles. The Labute approximate surface area is 196 Å². The minimum atomic E-state index is -0.842. The number of carbonyl (C=O) groups excluding carboxylic acids is 2. The van der Waals surface area contributed by atoms with Gasteiger partial charge in [0.1, 0.15) is 5.75 Å². The number of halogens is 2. The first-order valence-corrected chi connectivity index (χ1v) is 10.5. The second-order valence-corrected chi connectivity index (χ2v) is 7.51. The van der Waals surface area contributed by atoms with Gasteiger partial charge in [0.25, 0.3) is 5.91 Å². The van der Waals surface area contributed by atoms with E-state index in [9.17, 15) is 9.59 Å². The quantitative estimate of drug-likeness (QED) is 0.384. The van der Waals surface area contributed by atoms with E-state index >= 15 is 0 Å². The van der Waals surface area contributed by atoms with Crippen LogP contribution in [0, 0.1) is 0 Å². The minimum absolute atomic E-state index is 0.249. The van der Waals surface area contributed by atoms with Gasteiger partial charge in [0.05, 0.1) is 23.4 Å². The van der Waals surface area contributed by atoms with E-state index < -0.39 is 18.0 Å². The highest BCUT2D eigenvalue weighted by Gasteiger charge is 2.23. The molecule has 3 aromatic rings. The van der Waals surface area contributed by atoms with Crippen LogP contribution in [-0.4, -0.2) is 25.1 Å². The lowest BCUT2D eigenvalue weighted by molar-refractivity contribution is -0.122. The molecule has 1 unspecified atom stereocenters. The van der Waals surface area contributed by atoms with Crippen LogP contribution in [0.25, 0.3) is 0 Å². The van der Waals surface area contributed by atoms with Gasteiger partial charge in [0, 0.05) is 5.02 Å². The van der Waals surface area contributed by atoms with E-state index in [1.807, 2.05) is 6.92 Å². The van der Waals surface area contributed by atoms with E-state index in [1.54, 1.807) is 66.7 Å². The van der Waals surface area contributed by atoms with Crippen LogP contribution in [0.4, 0.5) is 5.69 Å². The smallest absolute Gasteiger partial charge is 0.339 e. The van der Waals surface area contributed by atoms with E-state index in [0.29, 0.717) is 39.4 Å². The molecule has 1 amide bonds. The van der Waals surface area contributed by atoms with Crippen molar-refractivity contribution < 1.29 is 23.8 Å². The fourth-order valence-corrected chi connectivity index (χ4v) is 3.32. The summed E-state index contributed by atoms with van der Waals surface area (Å²) in [5.41, 5.74) is 0.586. The Morgan fingerprint density at radius 1 is 0.938 bits per heavy atom. The molecule has 0 aliphatic carbocycles. The lowest BCUT2D eigenvalue weighted by Gasteiger charge is -2.20. The highest BCUT2D eigenvalue weighted by atomic mass is 35.5. The van der Waals surface area contributed by atoms with E-state index in [2.05, 4.69) is 5.32 Å². The van der Waals surface area contributed by atoms with Gasteiger partial charge in [-0.25, -0.2) is 4.79 Å². The molecule has 3 rings (SSSR count). The van der Waals surface area contributed by atoms with Crippen molar-refractivity contribution in [2.24, 2.45) is 0 Å². The molecule has 8 heteroatoms. The molecule has 0 spiro atoms. The Balaban J connectivity index is 1.79. The number of para-hydroxylation sites is 3. The van der Waals surface area contributed by atoms with Gasteiger partial charge in [0.15, 0.2) is 17.6 Å². The maximum absolute atomic E-state index is 12.9. The molecular weight excluding hydrogens is 453 g/mol. The number of rotatable bonds is 8. The van der Waals surface area contributed by atoms with E-state index in [-0.39, 0.29) is 5.56 Å². The van der Waals surface area contributed by atoms with Gasteiger partial charge in [-0.15, -0.1) is 0 Å². The van der Waals surface area contributed by atoms with E-state index in [0.717, 1.165) is 0 Å². The molecule has 0 fully saturated rings. The van der Waals surface area contributed by atoms with Crippen LogP contribution in [0.3, 0.4) is 0 Å². The van der Waals surface area contributed by atoms with Gasteiger partial charge in [-0.1, -0.05) is 54.4 Å². The fraction of sp³-hybridized carbons (Fsp3) is 0.167. The fourth-order valence-electron chi connectivity index (χ4n) is 2.88. The predicted octanol–water partition coefficient (Wildman–Crippen LogP) is 6.37. The van der Waals surface area contributed by atoms with Gasteiger partial charge in [0.2, 0.25) is 0 Å². The van der Waals surface area contributed by atoms with Gasteiger partial charge in [-0.2, -0.15) is 0 Å². The zero-order chi connectivity index (χ0) is 23.1. The molecule has 0 aliphatic rings. The normalized spacial score (nSPS) is 11.4. The third-order valence-corrected chi connectivity index (χ3v) is 5.02. The third kappa shape index (κ3) is 5.72. The van der Waals surface area contributed by atoms with Gasteiger partial charge in [-0.05, 0) is 48.9 Å². The van der Waals surface area contributed by atoms with Crippen LogP contribution in [0.2, 0.25) is 10.0 Å². The topological polar surface area (TPSA) is 73.9 Å². The molecule has 6 nitrogen and oxygen atoms in total. The number of nitrogens with one attached hydrogen (secondary N) is 1. The molecule has 0 radical (unpaired) electrons. The highest BCUT2D eigenvalue weighted by molar-refractivity contribution is 6.35. The minimum Gasteiger partial charge on any atom is -0.477 e. The Bertz CT molecular complexity index is 1120. The molecule has 1 atom stereocenters. The maximum atomic E-state index is 12.9. The number of esters is 1. The maximum Gasteiger partial charge on any atom is 0.339 e. The lowest BCUT2D eigenvalue weighted by atomic mass is 10.1. The summed E-state index contributed by atoms with van der Waals surface area (Å²) in [4.78, 5) is 24.9. The molecule has 0 aliphatic heterocycles. The van der Waals surface area contributed by atoms with Gasteiger partial charge >= 0.3 is 5.97 Å². The van der Waals surface area contributed by atoms with Gasteiger partial charge in [-0.3, -0.25) is 4.79 Å². The number of hydrogen-bond acceptors (Lipinski definition) is 5. The van der Waals surface area contributed by atoms with Crippen molar-refractivity contribution in [3.63, 3.8) is 0 Å². The van der Waals surface area contributed by atoms with Crippen molar-refractivity contribution in [1.29, 1.82) is 0 Å². The molecule has 0 saturated heterocycles. The number of methoxy groups -OCH3 is 1. The summed E-state index contributed by atoms with van der Waals surface area (Å²) in [6, 6.07) is 18.4. The molecule has 3 aromatic carbocycles. The summed E-state index contributed by atoms with van der Waals surface area (Å²) in [5.74, 6) is 0.188. The SMILES string of the molecule is CCC(Oc1ccccc1Oc1ccc(Cl)cc1Cl)C(=O)Nc1ccccc1C(=O)OC. The number of benzene rings is 3. The zero-order valence-corrected chi connectivity index (χ0v) is 18.9. The Hall–Kier alpha value is -3.22. The monoisotopic (exact) mass is 473 g/mol. The van der Waals surface area contributed by atoms with Crippen LogP contribution in [0.15, 0.2) is 66.7 Å². The second kappa shape index (κ2) is 10.9. The summed E-state index contributed by atoms with van der Waals surface area (Å²) in [6.07, 6.45) is -0.464. The van der Waals surface area contributed by atoms with Crippen LogP contribution in [-0.2, 0) is 9.53 Å². The first kappa shape index (κ1) is 23.4. The largest absolute Gasteiger partial charge is 0.477 e. The summed E-state index contributed by atoms with van der Waals surface area (Å²) in [7, 11) is 1.28. The molecule has 32 heavy (non-hydrogen) atoms. The van der Waals surface area contributed by atoms with E-state index in [4.69, 9.17) is 37.4 Å². The number of anilines is 1. The number of ether oxygens (including phenoxy) is 3. The molecule has 1 N–H and O–H groups in total. The average Bonchev–Trinajstić information content (AvgIpc) is 2.80. The van der Waals surface area contributed by atoms with Crippen molar-refractivity contribution in [3.8, 4) is 17.2 Å². The molecule has 0 heterocycles. The van der Waals surface area contributed by atoms with Crippen molar-refractivity contribution in [2.45, 2.75) is 19.4 Å². The Kier molecular flexibility index (Phi) is 7.98. The van der Waals surface area contributed by atoms with Crippen molar-refractivity contribution in [3.05, 3.63) is 82.3 Å². The molecule has 166 valence electrons. The van der Waals surface area contributed by atoms with Crippen LogP contribution in [0.5, 0.6) is 17.2 Å². The highest BCUT2D eigenvalue weighted by Crippen LogP contribution is 2.36. The first-order chi connectivity index (χ1) is 15.4. The van der Waals surface area contributed by atoms with Crippen molar-refractivity contribution in [2.75, 3.05) is 12.4 Å². The summed E-state index contributed by atoms with van der Waals surface area (Å²) in [6.45, 7) is 1.82. The number of hydrogen-bond donors (Lipinski definition) is 1. The Morgan fingerprint density at radius 3 is 2.31 bits per heavy atom. The number of amides is 1. The van der Waals surface area contributed by atoms with Gasteiger partial charge < -0.3 is 19.5 Å². The first-order valence-electron chi connectivity index (χ1n) is 9.79. The Morgan fingerprint density at radius 2 is 1.62 bits per heavy atom. The summed E-state index contributed by atoms with van der Waals surface area (Å²) in [5, 5.41) is 3.57. The predicted molar refractivity (Wildman–Crippen MR) is 124 cm³/mol. The van der Waals surface area contributed by atoms with Crippen molar-refractivity contribution >= 4 is 40.8 Å².